The van der Waals surface area contributed by atoms with E-state index >= 15 is 0 Å². The highest BCUT2D eigenvalue weighted by Crippen LogP contribution is 2.23. The maximum Gasteiger partial charge on any atom is 0.325 e. The topological polar surface area (TPSA) is 104 Å². The Morgan fingerprint density at radius 3 is 2.45 bits per heavy atom. The average molecular weight is 463 g/mol. The van der Waals surface area contributed by atoms with Crippen LogP contribution in [0.1, 0.15) is 12.5 Å². The first-order valence-corrected chi connectivity index (χ1v) is 12.1. The molecule has 0 atom stereocenters. The number of carbonyl (C=O) groups is 2. The molecule has 0 spiro atoms. The van der Waals surface area contributed by atoms with Crippen LogP contribution in [0.15, 0.2) is 52.4 Å². The number of sulfone groups is 1. The summed E-state index contributed by atoms with van der Waals surface area (Å²) >= 11 is 1.27. The largest absolute Gasteiger partial charge is 0.494 e. The summed E-state index contributed by atoms with van der Waals surface area (Å²) in [4.78, 5) is 29.2. The molecule has 0 saturated heterocycles. The standard InChI is InChI=1S/C21H22N2O6S2/c1-4-29-15-7-10-17-18(12-15)30-21(23(17)13-20(25)28-2)22-19(24)11-14-5-8-16(9-6-14)31(3,26)27/h5-10,12H,4,11,13H2,1-3H3. The zero-order chi connectivity index (χ0) is 22.6. The third-order valence-electron chi connectivity index (χ3n) is 4.41. The van der Waals surface area contributed by atoms with Crippen LogP contribution in [0.2, 0.25) is 0 Å². The fourth-order valence-corrected chi connectivity index (χ4v) is 4.62. The number of fused-ring (bicyclic) bond motifs is 1. The van der Waals surface area contributed by atoms with Gasteiger partial charge in [0.25, 0.3) is 5.91 Å². The van der Waals surface area contributed by atoms with Crippen molar-refractivity contribution in [3.8, 4) is 5.75 Å². The van der Waals surface area contributed by atoms with Crippen molar-refractivity contribution in [2.24, 2.45) is 4.99 Å². The highest BCUT2D eigenvalue weighted by Gasteiger charge is 2.13. The second kappa shape index (κ2) is 9.44. The number of hydrogen-bond acceptors (Lipinski definition) is 7. The van der Waals surface area contributed by atoms with Crippen molar-refractivity contribution in [2.45, 2.75) is 24.8 Å². The molecule has 3 aromatic rings. The van der Waals surface area contributed by atoms with Crippen molar-refractivity contribution in [3.05, 3.63) is 52.8 Å². The predicted octanol–water partition coefficient (Wildman–Crippen LogP) is 2.35. The van der Waals surface area contributed by atoms with Crippen molar-refractivity contribution < 1.29 is 27.5 Å². The molecule has 0 aliphatic rings. The number of nitrogens with zero attached hydrogens (tertiary/aromatic N) is 2. The van der Waals surface area contributed by atoms with Crippen LogP contribution in [0.5, 0.6) is 5.75 Å². The summed E-state index contributed by atoms with van der Waals surface area (Å²) in [6.07, 6.45) is 1.13. The van der Waals surface area contributed by atoms with E-state index in [4.69, 9.17) is 9.47 Å². The Morgan fingerprint density at radius 1 is 1.13 bits per heavy atom. The molecular formula is C21H22N2O6S2. The Bertz CT molecular complexity index is 1290. The lowest BCUT2D eigenvalue weighted by atomic mass is 10.1. The van der Waals surface area contributed by atoms with Gasteiger partial charge in [0.2, 0.25) is 0 Å². The molecule has 0 radical (unpaired) electrons. The molecule has 8 nitrogen and oxygen atoms in total. The van der Waals surface area contributed by atoms with E-state index in [1.807, 2.05) is 19.1 Å². The number of rotatable bonds is 7. The van der Waals surface area contributed by atoms with Gasteiger partial charge >= 0.3 is 5.97 Å². The molecule has 0 fully saturated rings. The Balaban J connectivity index is 1.95. The van der Waals surface area contributed by atoms with Crippen molar-refractivity contribution >= 4 is 43.3 Å². The van der Waals surface area contributed by atoms with Gasteiger partial charge in [-0.15, -0.1) is 0 Å². The van der Waals surface area contributed by atoms with E-state index in [1.165, 1.54) is 30.6 Å². The molecule has 10 heteroatoms. The van der Waals surface area contributed by atoms with E-state index < -0.39 is 21.7 Å². The minimum Gasteiger partial charge on any atom is -0.494 e. The Hall–Kier alpha value is -2.98. The van der Waals surface area contributed by atoms with E-state index in [9.17, 15) is 18.0 Å². The highest BCUT2D eigenvalue weighted by atomic mass is 32.2. The molecule has 1 heterocycles. The van der Waals surface area contributed by atoms with Crippen molar-refractivity contribution in [3.63, 3.8) is 0 Å². The fraction of sp³-hybridized carbons (Fsp3) is 0.286. The lowest BCUT2D eigenvalue weighted by Gasteiger charge is -2.05. The SMILES string of the molecule is CCOc1ccc2c(c1)sc(=NC(=O)Cc1ccc(S(C)(=O)=O)cc1)n2CC(=O)OC. The monoisotopic (exact) mass is 462 g/mol. The normalized spacial score (nSPS) is 12.2. The Kier molecular flexibility index (Phi) is 6.91. The molecule has 0 unspecified atom stereocenters. The van der Waals surface area contributed by atoms with Crippen LogP contribution >= 0.6 is 11.3 Å². The van der Waals surface area contributed by atoms with Gasteiger partial charge in [0.15, 0.2) is 14.6 Å². The molecule has 3 rings (SSSR count). The molecule has 0 bridgehead atoms. The number of amides is 1. The van der Waals surface area contributed by atoms with Crippen LogP contribution in [-0.4, -0.2) is 44.8 Å². The molecule has 0 N–H and O–H groups in total. The lowest BCUT2D eigenvalue weighted by molar-refractivity contribution is -0.141. The highest BCUT2D eigenvalue weighted by molar-refractivity contribution is 7.90. The van der Waals surface area contributed by atoms with E-state index in [0.29, 0.717) is 22.7 Å². The summed E-state index contributed by atoms with van der Waals surface area (Å²) in [5.74, 6) is -0.188. The summed E-state index contributed by atoms with van der Waals surface area (Å²) in [5, 5.41) is 0. The first-order chi connectivity index (χ1) is 14.7. The third kappa shape index (κ3) is 5.59. The zero-order valence-electron chi connectivity index (χ0n) is 17.3. The van der Waals surface area contributed by atoms with Crippen LogP contribution in [0.3, 0.4) is 0 Å². The van der Waals surface area contributed by atoms with Gasteiger partial charge in [-0.1, -0.05) is 23.5 Å². The second-order valence-corrected chi connectivity index (χ2v) is 9.73. The van der Waals surface area contributed by atoms with E-state index in [-0.39, 0.29) is 17.9 Å². The molecule has 0 aliphatic heterocycles. The average Bonchev–Trinajstić information content (AvgIpc) is 3.03. The minimum absolute atomic E-state index is 0.000702. The molecule has 1 aromatic heterocycles. The number of esters is 1. The number of thiazole rings is 1. The minimum atomic E-state index is -3.30. The van der Waals surface area contributed by atoms with Gasteiger partial charge in [-0.2, -0.15) is 4.99 Å². The summed E-state index contributed by atoms with van der Waals surface area (Å²) in [5.41, 5.74) is 1.38. The van der Waals surface area contributed by atoms with Gasteiger partial charge < -0.3 is 14.0 Å². The first-order valence-electron chi connectivity index (χ1n) is 9.41. The number of aromatic nitrogens is 1. The molecule has 164 valence electrons. The summed E-state index contributed by atoms with van der Waals surface area (Å²) in [6, 6.07) is 11.5. The number of benzene rings is 2. The zero-order valence-corrected chi connectivity index (χ0v) is 19.0. The van der Waals surface area contributed by atoms with E-state index in [2.05, 4.69) is 4.99 Å². The maximum atomic E-state index is 12.6. The Labute approximate surface area is 183 Å². The summed E-state index contributed by atoms with van der Waals surface area (Å²) in [7, 11) is -2.00. The number of ether oxygens (including phenoxy) is 2. The van der Waals surface area contributed by atoms with Crippen molar-refractivity contribution in [2.75, 3.05) is 20.0 Å². The van der Waals surface area contributed by atoms with Gasteiger partial charge in [0.05, 0.1) is 35.2 Å². The van der Waals surface area contributed by atoms with Crippen LogP contribution < -0.4 is 9.54 Å². The van der Waals surface area contributed by atoms with E-state index in [0.717, 1.165) is 16.5 Å². The smallest absolute Gasteiger partial charge is 0.325 e. The van der Waals surface area contributed by atoms with Gasteiger partial charge in [-0.05, 0) is 42.8 Å². The number of hydrogen-bond donors (Lipinski definition) is 0. The van der Waals surface area contributed by atoms with Gasteiger partial charge in [0, 0.05) is 6.26 Å². The van der Waals surface area contributed by atoms with Crippen molar-refractivity contribution in [1.82, 2.24) is 4.57 Å². The van der Waals surface area contributed by atoms with Crippen LogP contribution in [0.25, 0.3) is 10.2 Å². The molecular weight excluding hydrogens is 440 g/mol. The summed E-state index contributed by atoms with van der Waals surface area (Å²) < 4.78 is 35.9. The molecule has 1 amide bonds. The van der Waals surface area contributed by atoms with Gasteiger partial charge in [0.1, 0.15) is 12.3 Å². The molecule has 0 aliphatic carbocycles. The molecule has 2 aromatic carbocycles. The maximum absolute atomic E-state index is 12.6. The Morgan fingerprint density at radius 2 is 1.84 bits per heavy atom. The van der Waals surface area contributed by atoms with E-state index in [1.54, 1.807) is 22.8 Å². The predicted molar refractivity (Wildman–Crippen MR) is 117 cm³/mol. The number of carbonyl (C=O) groups excluding carboxylic acids is 2. The molecule has 31 heavy (non-hydrogen) atoms. The first kappa shape index (κ1) is 22.7. The van der Waals surface area contributed by atoms with Gasteiger partial charge in [-0.3, -0.25) is 9.59 Å². The van der Waals surface area contributed by atoms with Gasteiger partial charge in [-0.25, -0.2) is 8.42 Å². The van der Waals surface area contributed by atoms with Crippen LogP contribution in [0.4, 0.5) is 0 Å². The third-order valence-corrected chi connectivity index (χ3v) is 6.58. The summed E-state index contributed by atoms with van der Waals surface area (Å²) in [6.45, 7) is 2.32. The quantitative estimate of drug-likeness (QED) is 0.499. The molecule has 0 saturated carbocycles. The van der Waals surface area contributed by atoms with Crippen molar-refractivity contribution in [1.29, 1.82) is 0 Å². The number of methoxy groups -OCH3 is 1. The lowest BCUT2D eigenvalue weighted by Crippen LogP contribution is -2.22. The fourth-order valence-electron chi connectivity index (χ4n) is 2.92. The van der Waals surface area contributed by atoms with Crippen LogP contribution in [-0.2, 0) is 37.1 Å². The second-order valence-electron chi connectivity index (χ2n) is 6.71. The van der Waals surface area contributed by atoms with Crippen LogP contribution in [0, 0.1) is 0 Å².